The van der Waals surface area contributed by atoms with E-state index in [9.17, 15) is 9.59 Å². The minimum absolute atomic E-state index is 0.00130. The molecular weight excluding hydrogens is 448 g/mol. The maximum absolute atomic E-state index is 12.9. The monoisotopic (exact) mass is 494 g/mol. The Morgan fingerprint density at radius 3 is 1.17 bits per heavy atom. The molecule has 6 heteroatoms. The number of likely N-dealkylation sites (N-methyl/N-ethyl adjacent to an activating group) is 2. The van der Waals surface area contributed by atoms with Crippen LogP contribution in [-0.4, -0.2) is 60.9 Å². The first-order chi connectivity index (χ1) is 17.0. The lowest BCUT2D eigenvalue weighted by molar-refractivity contribution is -0.118. The molecule has 2 aromatic carbocycles. The molecule has 0 radical (unpaired) electrons. The summed E-state index contributed by atoms with van der Waals surface area (Å²) in [6, 6.07) is 4.29. The van der Waals surface area contributed by atoms with Gasteiger partial charge in [-0.05, 0) is 112 Å². The van der Waals surface area contributed by atoms with Gasteiger partial charge in [0, 0.05) is 11.4 Å². The van der Waals surface area contributed by atoms with E-state index in [0.29, 0.717) is 13.1 Å². The first kappa shape index (κ1) is 29.5. The van der Waals surface area contributed by atoms with Gasteiger partial charge in [0.2, 0.25) is 11.8 Å². The number of benzene rings is 2. The molecule has 2 rings (SSSR count). The summed E-state index contributed by atoms with van der Waals surface area (Å²) in [7, 11) is 0. The van der Waals surface area contributed by atoms with E-state index < -0.39 is 0 Å². The molecule has 6 nitrogen and oxygen atoms in total. The third-order valence-corrected chi connectivity index (χ3v) is 7.25. The van der Waals surface area contributed by atoms with Crippen LogP contribution in [0.3, 0.4) is 0 Å². The Hall–Kier alpha value is -2.70. The maximum atomic E-state index is 12.9. The summed E-state index contributed by atoms with van der Waals surface area (Å²) in [5.41, 5.74) is 10.5. The number of hydrogen-bond donors (Lipinski definition) is 2. The van der Waals surface area contributed by atoms with Crippen molar-refractivity contribution in [1.82, 2.24) is 9.80 Å². The third kappa shape index (κ3) is 6.74. The van der Waals surface area contributed by atoms with Crippen LogP contribution in [0.4, 0.5) is 11.4 Å². The Morgan fingerprint density at radius 1 is 0.583 bits per heavy atom. The molecule has 0 aromatic heterocycles. The van der Waals surface area contributed by atoms with Gasteiger partial charge in [0.1, 0.15) is 0 Å². The zero-order valence-electron chi connectivity index (χ0n) is 24.1. The second-order valence-electron chi connectivity index (χ2n) is 9.79. The number of aryl methyl sites for hydroxylation is 4. The molecule has 0 heterocycles. The Kier molecular flexibility index (Phi) is 10.7. The van der Waals surface area contributed by atoms with Crippen LogP contribution in [0.1, 0.15) is 61.1 Å². The average Bonchev–Trinajstić information content (AvgIpc) is 2.83. The van der Waals surface area contributed by atoms with Gasteiger partial charge in [-0.2, -0.15) is 0 Å². The lowest BCUT2D eigenvalue weighted by Gasteiger charge is -2.25. The molecule has 0 saturated heterocycles. The van der Waals surface area contributed by atoms with E-state index in [2.05, 4.69) is 88.0 Å². The molecule has 0 bridgehead atoms. The van der Waals surface area contributed by atoms with E-state index in [1.165, 1.54) is 0 Å². The lowest BCUT2D eigenvalue weighted by Crippen LogP contribution is -2.33. The van der Waals surface area contributed by atoms with Crippen molar-refractivity contribution in [2.75, 3.05) is 49.9 Å². The number of carbonyl (C=O) groups is 2. The van der Waals surface area contributed by atoms with Crippen LogP contribution in [0.15, 0.2) is 12.1 Å². The third-order valence-electron chi connectivity index (χ3n) is 7.25. The van der Waals surface area contributed by atoms with Gasteiger partial charge in [0.05, 0.1) is 13.1 Å². The highest BCUT2D eigenvalue weighted by atomic mass is 16.2. The summed E-state index contributed by atoms with van der Waals surface area (Å²) in [5.74, 6) is 0.00261. The molecule has 0 aliphatic rings. The summed E-state index contributed by atoms with van der Waals surface area (Å²) in [4.78, 5) is 29.9. The highest BCUT2D eigenvalue weighted by Crippen LogP contribution is 2.41. The Morgan fingerprint density at radius 2 is 0.889 bits per heavy atom. The topological polar surface area (TPSA) is 64.7 Å². The summed E-state index contributed by atoms with van der Waals surface area (Å²) in [6.07, 6.45) is 0. The van der Waals surface area contributed by atoms with Crippen molar-refractivity contribution in [1.29, 1.82) is 0 Å². The fourth-order valence-electron chi connectivity index (χ4n) is 5.18. The first-order valence-corrected chi connectivity index (χ1v) is 13.2. The molecule has 2 N–H and O–H groups in total. The normalized spacial score (nSPS) is 11.3. The molecule has 0 unspecified atom stereocenters. The summed E-state index contributed by atoms with van der Waals surface area (Å²) >= 11 is 0. The van der Waals surface area contributed by atoms with E-state index in [1.807, 2.05) is 13.8 Å². The number of nitrogens with one attached hydrogen (secondary N) is 2. The Labute approximate surface area is 218 Å². The van der Waals surface area contributed by atoms with E-state index in [1.54, 1.807) is 0 Å². The smallest absolute Gasteiger partial charge is 0.238 e. The summed E-state index contributed by atoms with van der Waals surface area (Å²) in [6.45, 7) is 24.9. The first-order valence-electron chi connectivity index (χ1n) is 13.2. The molecule has 2 amide bonds. The number of rotatable bonds is 11. The molecule has 36 heavy (non-hydrogen) atoms. The van der Waals surface area contributed by atoms with Crippen LogP contribution >= 0.6 is 0 Å². The van der Waals surface area contributed by atoms with Gasteiger partial charge in [0.25, 0.3) is 0 Å². The maximum Gasteiger partial charge on any atom is 0.238 e. The van der Waals surface area contributed by atoms with Crippen LogP contribution in [0.5, 0.6) is 0 Å². The molecule has 0 fully saturated rings. The van der Waals surface area contributed by atoms with Crippen molar-refractivity contribution in [3.63, 3.8) is 0 Å². The highest BCUT2D eigenvalue weighted by molar-refractivity contribution is 5.98. The molecule has 0 atom stereocenters. The number of hydrogen-bond acceptors (Lipinski definition) is 4. The zero-order chi connectivity index (χ0) is 27.2. The van der Waals surface area contributed by atoms with Gasteiger partial charge in [0.15, 0.2) is 0 Å². The fraction of sp³-hybridized carbons (Fsp3) is 0.533. The SMILES string of the molecule is CCN(CC)CC(=O)Nc1c(C)cc(C)c(-c2c(C)cc(C)c(NC(=O)CN(CC)CC)c2C)c1C. The van der Waals surface area contributed by atoms with Crippen molar-refractivity contribution in [2.24, 2.45) is 0 Å². The van der Waals surface area contributed by atoms with Gasteiger partial charge in [-0.3, -0.25) is 19.4 Å². The van der Waals surface area contributed by atoms with Crippen LogP contribution in [0, 0.1) is 41.5 Å². The standard InChI is InChI=1S/C30H46N4O2/c1-11-33(12-2)17-25(35)31-29-21(7)15-19(5)27(23(29)9)28-20(6)16-22(8)30(24(28)10)32-26(36)18-34(13-3)14-4/h15-16H,11-14,17-18H2,1-10H3,(H,31,35)(H,32,36). The molecular formula is C30H46N4O2. The van der Waals surface area contributed by atoms with Crippen molar-refractivity contribution < 1.29 is 9.59 Å². The van der Waals surface area contributed by atoms with Crippen molar-refractivity contribution in [2.45, 2.75) is 69.2 Å². The van der Waals surface area contributed by atoms with Crippen LogP contribution in [0.2, 0.25) is 0 Å². The van der Waals surface area contributed by atoms with Gasteiger partial charge < -0.3 is 10.6 Å². The highest BCUT2D eigenvalue weighted by Gasteiger charge is 2.21. The summed E-state index contributed by atoms with van der Waals surface area (Å²) in [5, 5.41) is 6.38. The Balaban J connectivity index is 2.55. The molecule has 2 aromatic rings. The molecule has 0 spiro atoms. The van der Waals surface area contributed by atoms with Gasteiger partial charge >= 0.3 is 0 Å². The minimum Gasteiger partial charge on any atom is -0.324 e. The number of nitrogens with zero attached hydrogens (tertiary/aromatic N) is 2. The summed E-state index contributed by atoms with van der Waals surface area (Å²) < 4.78 is 0. The Bertz CT molecular complexity index is 1010. The molecule has 0 saturated carbocycles. The average molecular weight is 495 g/mol. The molecule has 198 valence electrons. The second kappa shape index (κ2) is 13.0. The largest absolute Gasteiger partial charge is 0.324 e. The van der Waals surface area contributed by atoms with Gasteiger partial charge in [-0.1, -0.05) is 39.8 Å². The fourth-order valence-corrected chi connectivity index (χ4v) is 5.18. The lowest BCUT2D eigenvalue weighted by atomic mass is 9.85. The van der Waals surface area contributed by atoms with Crippen molar-refractivity contribution >= 4 is 23.2 Å². The minimum atomic E-state index is 0.00130. The number of anilines is 2. The van der Waals surface area contributed by atoms with Crippen LogP contribution in [-0.2, 0) is 9.59 Å². The number of amides is 2. The van der Waals surface area contributed by atoms with Gasteiger partial charge in [-0.15, -0.1) is 0 Å². The second-order valence-corrected chi connectivity index (χ2v) is 9.79. The molecule has 0 aliphatic carbocycles. The predicted octanol–water partition coefficient (Wildman–Crippen LogP) is 5.76. The van der Waals surface area contributed by atoms with Crippen LogP contribution < -0.4 is 10.6 Å². The quantitative estimate of drug-likeness (QED) is 0.417. The van der Waals surface area contributed by atoms with E-state index in [4.69, 9.17) is 0 Å². The van der Waals surface area contributed by atoms with Gasteiger partial charge in [-0.25, -0.2) is 0 Å². The van der Waals surface area contributed by atoms with E-state index in [-0.39, 0.29) is 11.8 Å². The van der Waals surface area contributed by atoms with E-state index in [0.717, 1.165) is 82.1 Å². The zero-order valence-corrected chi connectivity index (χ0v) is 24.1. The van der Waals surface area contributed by atoms with Crippen molar-refractivity contribution in [3.8, 4) is 11.1 Å². The number of carbonyl (C=O) groups excluding carboxylic acids is 2. The van der Waals surface area contributed by atoms with Crippen molar-refractivity contribution in [3.05, 3.63) is 45.5 Å². The van der Waals surface area contributed by atoms with Crippen LogP contribution in [0.25, 0.3) is 11.1 Å². The van der Waals surface area contributed by atoms with E-state index >= 15 is 0 Å². The predicted molar refractivity (Wildman–Crippen MR) is 153 cm³/mol. The molecule has 0 aliphatic heterocycles.